The predicted octanol–water partition coefficient (Wildman–Crippen LogP) is -1.42. The van der Waals surface area contributed by atoms with Crippen molar-refractivity contribution >= 4 is 13.6 Å². The van der Waals surface area contributed by atoms with Gasteiger partial charge in [0.1, 0.15) is 11.9 Å². The number of hydrogen-bond acceptors (Lipinski definition) is 7. The van der Waals surface area contributed by atoms with Crippen LogP contribution in [0, 0.1) is 0 Å². The van der Waals surface area contributed by atoms with E-state index in [4.69, 9.17) is 20.3 Å². The molecule has 0 bridgehead atoms. The fourth-order valence-electron chi connectivity index (χ4n) is 1.89. The minimum absolute atomic E-state index is 0.0418. The standard InChI is InChI=1S/C9H14N3O7P/c10-7-1-2-12(9(14)11-7)8-6(13)3-5(19-8)4-18-20(15,16)17/h1-2,5-6,8,13H,3-4H2,(H2,10,11,14)(H2,15,16,17)/t5-,6-,8-/m1/s1. The van der Waals surface area contributed by atoms with Crippen LogP contribution in [0.4, 0.5) is 5.82 Å². The van der Waals surface area contributed by atoms with Gasteiger partial charge < -0.3 is 25.4 Å². The molecule has 1 aliphatic rings. The number of phosphoric acid groups is 1. The first-order valence-electron chi connectivity index (χ1n) is 5.64. The summed E-state index contributed by atoms with van der Waals surface area (Å²) in [5, 5.41) is 9.84. The highest BCUT2D eigenvalue weighted by Gasteiger charge is 2.37. The predicted molar refractivity (Wildman–Crippen MR) is 65.4 cm³/mol. The molecule has 0 aromatic carbocycles. The number of ether oxygens (including phenoxy) is 1. The Labute approximate surface area is 113 Å². The van der Waals surface area contributed by atoms with Crippen LogP contribution in [-0.2, 0) is 13.8 Å². The number of aliphatic hydroxyl groups excluding tert-OH is 1. The molecule has 3 atom stereocenters. The zero-order chi connectivity index (χ0) is 14.9. The Kier molecular flexibility index (Phi) is 4.23. The number of hydrogen-bond donors (Lipinski definition) is 4. The van der Waals surface area contributed by atoms with Gasteiger partial charge in [-0.15, -0.1) is 0 Å². The summed E-state index contributed by atoms with van der Waals surface area (Å²) < 4.78 is 21.3. The number of nitrogens with two attached hydrogens (primary N) is 1. The third-order valence-corrected chi connectivity index (χ3v) is 3.21. The first kappa shape index (κ1) is 15.1. The Balaban J connectivity index is 2.07. The molecule has 10 nitrogen and oxygen atoms in total. The summed E-state index contributed by atoms with van der Waals surface area (Å²) in [6, 6.07) is 1.37. The molecule has 1 aromatic heterocycles. The minimum Gasteiger partial charge on any atom is -0.388 e. The van der Waals surface area contributed by atoms with Crippen molar-refractivity contribution in [2.45, 2.75) is 24.9 Å². The van der Waals surface area contributed by atoms with Gasteiger partial charge in [0.05, 0.1) is 12.7 Å². The van der Waals surface area contributed by atoms with Crippen LogP contribution < -0.4 is 11.4 Å². The third kappa shape index (κ3) is 3.63. The molecule has 1 saturated heterocycles. The lowest BCUT2D eigenvalue weighted by Crippen LogP contribution is -2.31. The average molecular weight is 307 g/mol. The zero-order valence-corrected chi connectivity index (χ0v) is 11.1. The van der Waals surface area contributed by atoms with Crippen molar-refractivity contribution in [1.82, 2.24) is 9.55 Å². The van der Waals surface area contributed by atoms with Gasteiger partial charge in [0.2, 0.25) is 0 Å². The molecule has 5 N–H and O–H groups in total. The first-order chi connectivity index (χ1) is 9.26. The number of aromatic nitrogens is 2. The van der Waals surface area contributed by atoms with E-state index in [1.807, 2.05) is 0 Å². The van der Waals surface area contributed by atoms with Crippen LogP contribution in [-0.4, -0.2) is 43.3 Å². The summed E-state index contributed by atoms with van der Waals surface area (Å²) in [7, 11) is -4.60. The van der Waals surface area contributed by atoms with Gasteiger partial charge in [0.15, 0.2) is 6.23 Å². The largest absolute Gasteiger partial charge is 0.469 e. The topological polar surface area (TPSA) is 157 Å². The van der Waals surface area contributed by atoms with Crippen LogP contribution in [0.3, 0.4) is 0 Å². The summed E-state index contributed by atoms with van der Waals surface area (Å²) in [4.78, 5) is 32.3. The van der Waals surface area contributed by atoms with Gasteiger partial charge in [-0.05, 0) is 6.07 Å². The smallest absolute Gasteiger partial charge is 0.388 e. The highest BCUT2D eigenvalue weighted by molar-refractivity contribution is 7.46. The number of anilines is 1. The van der Waals surface area contributed by atoms with Gasteiger partial charge in [-0.25, -0.2) is 9.36 Å². The van der Waals surface area contributed by atoms with Crippen molar-refractivity contribution < 1.29 is 28.7 Å². The zero-order valence-electron chi connectivity index (χ0n) is 10.2. The van der Waals surface area contributed by atoms with E-state index in [1.165, 1.54) is 12.3 Å². The molecule has 0 aliphatic carbocycles. The van der Waals surface area contributed by atoms with E-state index >= 15 is 0 Å². The Morgan fingerprint density at radius 1 is 1.60 bits per heavy atom. The second-order valence-electron chi connectivity index (χ2n) is 4.28. The number of nitrogen functional groups attached to an aromatic ring is 1. The molecule has 112 valence electrons. The molecule has 0 amide bonds. The fraction of sp³-hybridized carbons (Fsp3) is 0.556. The third-order valence-electron chi connectivity index (χ3n) is 2.72. The molecule has 0 radical (unpaired) electrons. The Morgan fingerprint density at radius 3 is 2.90 bits per heavy atom. The summed E-state index contributed by atoms with van der Waals surface area (Å²) >= 11 is 0. The van der Waals surface area contributed by atoms with Crippen molar-refractivity contribution in [2.75, 3.05) is 12.3 Å². The summed E-state index contributed by atoms with van der Waals surface area (Å²) in [6.45, 7) is -0.394. The van der Waals surface area contributed by atoms with Crippen molar-refractivity contribution in [3.05, 3.63) is 22.7 Å². The van der Waals surface area contributed by atoms with Crippen LogP contribution >= 0.6 is 7.82 Å². The van der Waals surface area contributed by atoms with Gasteiger partial charge in [-0.2, -0.15) is 4.98 Å². The van der Waals surface area contributed by atoms with Crippen molar-refractivity contribution in [2.24, 2.45) is 0 Å². The molecule has 1 aliphatic heterocycles. The van der Waals surface area contributed by atoms with E-state index in [-0.39, 0.29) is 12.2 Å². The monoisotopic (exact) mass is 307 g/mol. The van der Waals surface area contributed by atoms with Crippen LogP contribution in [0.2, 0.25) is 0 Å². The Hall–Kier alpha value is -1.29. The molecule has 2 rings (SSSR count). The van der Waals surface area contributed by atoms with Crippen LogP contribution in [0.25, 0.3) is 0 Å². The Morgan fingerprint density at radius 2 is 2.30 bits per heavy atom. The van der Waals surface area contributed by atoms with E-state index in [2.05, 4.69) is 9.51 Å². The van der Waals surface area contributed by atoms with E-state index in [9.17, 15) is 14.5 Å². The lowest BCUT2D eigenvalue weighted by molar-refractivity contribution is -0.0524. The summed E-state index contributed by atoms with van der Waals surface area (Å²) in [6.07, 6.45) is -1.37. The summed E-state index contributed by atoms with van der Waals surface area (Å²) in [5.41, 5.74) is 4.66. The van der Waals surface area contributed by atoms with E-state index in [0.717, 1.165) is 4.57 Å². The molecule has 0 saturated carbocycles. The van der Waals surface area contributed by atoms with E-state index < -0.39 is 38.6 Å². The molecule has 0 unspecified atom stereocenters. The van der Waals surface area contributed by atoms with Crippen LogP contribution in [0.15, 0.2) is 17.1 Å². The van der Waals surface area contributed by atoms with Gasteiger partial charge >= 0.3 is 13.5 Å². The molecule has 0 spiro atoms. The maximum atomic E-state index is 11.6. The van der Waals surface area contributed by atoms with Gasteiger partial charge in [0.25, 0.3) is 0 Å². The minimum atomic E-state index is -4.60. The van der Waals surface area contributed by atoms with E-state index in [1.54, 1.807) is 0 Å². The lowest BCUT2D eigenvalue weighted by atomic mass is 10.2. The second-order valence-corrected chi connectivity index (χ2v) is 5.52. The van der Waals surface area contributed by atoms with Gasteiger partial charge in [-0.1, -0.05) is 0 Å². The quantitative estimate of drug-likeness (QED) is 0.490. The molecule has 1 aromatic rings. The molecule has 11 heteroatoms. The molecule has 20 heavy (non-hydrogen) atoms. The number of aliphatic hydroxyl groups is 1. The van der Waals surface area contributed by atoms with Crippen molar-refractivity contribution in [3.63, 3.8) is 0 Å². The lowest BCUT2D eigenvalue weighted by Gasteiger charge is -2.17. The van der Waals surface area contributed by atoms with Crippen LogP contribution in [0.5, 0.6) is 0 Å². The number of rotatable bonds is 4. The average Bonchev–Trinajstić information content (AvgIpc) is 2.67. The highest BCUT2D eigenvalue weighted by Crippen LogP contribution is 2.38. The molecular weight excluding hydrogens is 293 g/mol. The highest BCUT2D eigenvalue weighted by atomic mass is 31.2. The molecular formula is C9H14N3O7P. The molecule has 2 heterocycles. The second kappa shape index (κ2) is 5.60. The maximum Gasteiger partial charge on any atom is 0.469 e. The molecule has 1 fully saturated rings. The first-order valence-corrected chi connectivity index (χ1v) is 7.17. The summed E-state index contributed by atoms with van der Waals surface area (Å²) in [5.74, 6) is 0.0418. The number of phosphoric ester groups is 1. The van der Waals surface area contributed by atoms with Gasteiger partial charge in [0, 0.05) is 12.6 Å². The van der Waals surface area contributed by atoms with E-state index in [0.29, 0.717) is 0 Å². The Bertz CT molecular complexity index is 585. The fourth-order valence-corrected chi connectivity index (χ4v) is 2.25. The number of nitrogens with zero attached hydrogens (tertiary/aromatic N) is 2. The van der Waals surface area contributed by atoms with Crippen molar-refractivity contribution in [3.8, 4) is 0 Å². The van der Waals surface area contributed by atoms with Crippen LogP contribution in [0.1, 0.15) is 12.6 Å². The normalized spacial score (nSPS) is 26.9. The van der Waals surface area contributed by atoms with Gasteiger partial charge in [-0.3, -0.25) is 9.09 Å². The van der Waals surface area contributed by atoms with Crippen molar-refractivity contribution in [1.29, 1.82) is 0 Å². The maximum absolute atomic E-state index is 11.6. The SMILES string of the molecule is Nc1ccn([C@@H]2O[C@@H](COP(=O)(O)O)C[C@H]2O)c(=O)n1.